The molecule has 1 rings (SSSR count). The maximum Gasteiger partial charge on any atom is 0.407 e. The van der Waals surface area contributed by atoms with Crippen LogP contribution in [0.4, 0.5) is 4.79 Å². The lowest BCUT2D eigenvalue weighted by Gasteiger charge is -2.36. The lowest BCUT2D eigenvalue weighted by Crippen LogP contribution is -2.55. The highest BCUT2D eigenvalue weighted by Gasteiger charge is 2.28. The summed E-state index contributed by atoms with van der Waals surface area (Å²) in [5.74, 6) is 0. The molecule has 1 amide bonds. The minimum Gasteiger partial charge on any atom is -0.444 e. The molecule has 1 saturated heterocycles. The number of hydrogen-bond acceptors (Lipinski definition) is 3. The fourth-order valence-corrected chi connectivity index (χ4v) is 2.18. The predicted molar refractivity (Wildman–Crippen MR) is 69.1 cm³/mol. The van der Waals surface area contributed by atoms with Crippen molar-refractivity contribution in [2.75, 3.05) is 0 Å². The first-order valence-electron chi connectivity index (χ1n) is 6.57. The van der Waals surface area contributed by atoms with Gasteiger partial charge in [0.1, 0.15) is 5.60 Å². The number of alkyl carbamates (subject to hydrolysis) is 1. The molecular formula is C13H26N2O2. The summed E-state index contributed by atoms with van der Waals surface area (Å²) in [7, 11) is 0. The summed E-state index contributed by atoms with van der Waals surface area (Å²) in [5, 5.41) is 6.46. The highest BCUT2D eigenvalue weighted by Crippen LogP contribution is 2.16. The number of rotatable bonds is 2. The summed E-state index contributed by atoms with van der Waals surface area (Å²) in [6, 6.07) is 1.07. The molecule has 0 saturated carbocycles. The van der Waals surface area contributed by atoms with Crippen LogP contribution in [0.5, 0.6) is 0 Å². The third-order valence-corrected chi connectivity index (χ3v) is 3.12. The molecule has 3 unspecified atom stereocenters. The van der Waals surface area contributed by atoms with Gasteiger partial charge in [0.15, 0.2) is 0 Å². The second kappa shape index (κ2) is 5.71. The monoisotopic (exact) mass is 242 g/mol. The van der Waals surface area contributed by atoms with E-state index in [2.05, 4.69) is 24.5 Å². The second-order valence-electron chi connectivity index (χ2n) is 5.89. The topological polar surface area (TPSA) is 50.4 Å². The number of piperidine rings is 1. The number of amides is 1. The fourth-order valence-electron chi connectivity index (χ4n) is 2.18. The van der Waals surface area contributed by atoms with Crippen molar-refractivity contribution < 1.29 is 9.53 Å². The van der Waals surface area contributed by atoms with Gasteiger partial charge in [-0.3, -0.25) is 0 Å². The first-order valence-corrected chi connectivity index (χ1v) is 6.57. The van der Waals surface area contributed by atoms with Crippen molar-refractivity contribution in [1.82, 2.24) is 10.6 Å². The van der Waals surface area contributed by atoms with Crippen LogP contribution in [0.3, 0.4) is 0 Å². The van der Waals surface area contributed by atoms with Gasteiger partial charge in [-0.05, 0) is 47.0 Å². The normalized spacial score (nSPS) is 29.8. The largest absolute Gasteiger partial charge is 0.444 e. The molecule has 0 aliphatic carbocycles. The zero-order valence-electron chi connectivity index (χ0n) is 11.7. The number of nitrogens with one attached hydrogen (secondary N) is 2. The van der Waals surface area contributed by atoms with Gasteiger partial charge >= 0.3 is 6.09 Å². The quantitative estimate of drug-likeness (QED) is 0.782. The minimum atomic E-state index is -0.429. The van der Waals surface area contributed by atoms with Crippen molar-refractivity contribution in [3.63, 3.8) is 0 Å². The van der Waals surface area contributed by atoms with E-state index < -0.39 is 5.60 Å². The number of hydrogen-bond donors (Lipinski definition) is 2. The Balaban J connectivity index is 2.40. The highest BCUT2D eigenvalue weighted by molar-refractivity contribution is 5.68. The summed E-state index contributed by atoms with van der Waals surface area (Å²) in [6.07, 6.45) is 2.96. The van der Waals surface area contributed by atoms with Crippen LogP contribution in [0.2, 0.25) is 0 Å². The van der Waals surface area contributed by atoms with Crippen LogP contribution in [0, 0.1) is 0 Å². The molecule has 4 nitrogen and oxygen atoms in total. The molecule has 0 bridgehead atoms. The van der Waals surface area contributed by atoms with Crippen molar-refractivity contribution >= 4 is 6.09 Å². The molecule has 4 heteroatoms. The number of carbonyl (C=O) groups is 1. The molecule has 1 heterocycles. The molecule has 17 heavy (non-hydrogen) atoms. The van der Waals surface area contributed by atoms with Gasteiger partial charge in [-0.2, -0.15) is 0 Å². The van der Waals surface area contributed by atoms with Gasteiger partial charge in [0.2, 0.25) is 0 Å². The second-order valence-corrected chi connectivity index (χ2v) is 5.89. The Morgan fingerprint density at radius 2 is 2.06 bits per heavy atom. The maximum atomic E-state index is 11.7. The van der Waals surface area contributed by atoms with Crippen molar-refractivity contribution in [2.24, 2.45) is 0 Å². The van der Waals surface area contributed by atoms with E-state index in [0.717, 1.165) is 19.3 Å². The third kappa shape index (κ3) is 4.94. The average molecular weight is 242 g/mol. The van der Waals surface area contributed by atoms with Crippen LogP contribution >= 0.6 is 0 Å². The van der Waals surface area contributed by atoms with E-state index in [-0.39, 0.29) is 12.1 Å². The van der Waals surface area contributed by atoms with E-state index in [1.807, 2.05) is 20.8 Å². The van der Waals surface area contributed by atoms with Crippen molar-refractivity contribution in [3.8, 4) is 0 Å². The summed E-state index contributed by atoms with van der Waals surface area (Å²) in [6.45, 7) is 9.93. The van der Waals surface area contributed by atoms with Gasteiger partial charge in [0.25, 0.3) is 0 Å². The van der Waals surface area contributed by atoms with Crippen LogP contribution in [-0.2, 0) is 4.74 Å². The van der Waals surface area contributed by atoms with Crippen molar-refractivity contribution in [3.05, 3.63) is 0 Å². The summed E-state index contributed by atoms with van der Waals surface area (Å²) in [5.41, 5.74) is -0.429. The van der Waals surface area contributed by atoms with Crippen LogP contribution in [0.15, 0.2) is 0 Å². The van der Waals surface area contributed by atoms with Gasteiger partial charge in [-0.1, -0.05) is 6.92 Å². The zero-order chi connectivity index (χ0) is 13.1. The molecule has 0 aromatic heterocycles. The number of carbonyl (C=O) groups excluding carboxylic acids is 1. The van der Waals surface area contributed by atoms with E-state index in [1.54, 1.807) is 0 Å². The number of ether oxygens (including phenoxy) is 1. The summed E-state index contributed by atoms with van der Waals surface area (Å²) < 4.78 is 5.26. The zero-order valence-corrected chi connectivity index (χ0v) is 11.7. The third-order valence-electron chi connectivity index (χ3n) is 3.12. The molecule has 100 valence electrons. The Morgan fingerprint density at radius 1 is 1.41 bits per heavy atom. The fraction of sp³-hybridized carbons (Fsp3) is 0.923. The van der Waals surface area contributed by atoms with Gasteiger partial charge in [0, 0.05) is 18.1 Å². The Hall–Kier alpha value is -0.770. The lowest BCUT2D eigenvalue weighted by atomic mass is 9.93. The SMILES string of the molecule is CCC1CCC(NC(=O)OC(C)(C)C)C(C)N1. The molecule has 1 aliphatic rings. The molecule has 1 fully saturated rings. The van der Waals surface area contributed by atoms with Gasteiger partial charge in [0.05, 0.1) is 0 Å². The molecule has 0 radical (unpaired) electrons. The van der Waals surface area contributed by atoms with E-state index in [9.17, 15) is 4.79 Å². The minimum absolute atomic E-state index is 0.174. The Bertz CT molecular complexity index is 261. The van der Waals surface area contributed by atoms with E-state index in [4.69, 9.17) is 4.74 Å². The Morgan fingerprint density at radius 3 is 2.53 bits per heavy atom. The Kier molecular flexibility index (Phi) is 4.80. The van der Waals surface area contributed by atoms with Gasteiger partial charge in [-0.15, -0.1) is 0 Å². The molecular weight excluding hydrogens is 216 g/mol. The smallest absolute Gasteiger partial charge is 0.407 e. The lowest BCUT2D eigenvalue weighted by molar-refractivity contribution is 0.0477. The van der Waals surface area contributed by atoms with E-state index in [0.29, 0.717) is 12.1 Å². The van der Waals surface area contributed by atoms with Crippen LogP contribution < -0.4 is 10.6 Å². The van der Waals surface area contributed by atoms with E-state index in [1.165, 1.54) is 0 Å². The van der Waals surface area contributed by atoms with Gasteiger partial charge < -0.3 is 15.4 Å². The molecule has 2 N–H and O–H groups in total. The average Bonchev–Trinajstić information content (AvgIpc) is 2.18. The first-order chi connectivity index (χ1) is 7.81. The molecule has 1 aliphatic heterocycles. The van der Waals surface area contributed by atoms with Crippen LogP contribution in [0.25, 0.3) is 0 Å². The Labute approximate surface area is 104 Å². The first kappa shape index (κ1) is 14.3. The van der Waals surface area contributed by atoms with Gasteiger partial charge in [-0.25, -0.2) is 4.79 Å². The standard InChI is InChI=1S/C13H26N2O2/c1-6-10-7-8-11(9(2)14-10)15-12(16)17-13(3,4)5/h9-11,14H,6-8H2,1-5H3,(H,15,16). The van der Waals surface area contributed by atoms with Crippen molar-refractivity contribution in [2.45, 2.75) is 77.6 Å². The molecule has 3 atom stereocenters. The molecule has 0 spiro atoms. The van der Waals surface area contributed by atoms with Crippen molar-refractivity contribution in [1.29, 1.82) is 0 Å². The molecule has 0 aromatic carbocycles. The predicted octanol–water partition coefficient (Wildman–Crippen LogP) is 2.43. The van der Waals surface area contributed by atoms with Crippen LogP contribution in [-0.4, -0.2) is 29.8 Å². The van der Waals surface area contributed by atoms with E-state index >= 15 is 0 Å². The van der Waals surface area contributed by atoms with Crippen LogP contribution in [0.1, 0.15) is 53.9 Å². The highest BCUT2D eigenvalue weighted by atomic mass is 16.6. The summed E-state index contributed by atoms with van der Waals surface area (Å²) >= 11 is 0. The maximum absolute atomic E-state index is 11.7. The molecule has 0 aromatic rings. The summed E-state index contributed by atoms with van der Waals surface area (Å²) in [4.78, 5) is 11.7.